The van der Waals surface area contributed by atoms with E-state index in [9.17, 15) is 31.1 Å². The third kappa shape index (κ3) is 5.31. The number of hydrogen-bond acceptors (Lipinski definition) is 2. The molecule has 0 saturated carbocycles. The van der Waals surface area contributed by atoms with E-state index >= 15 is 0 Å². The number of carbonyl (C=O) groups excluding carboxylic acids is 1. The molecule has 0 saturated heterocycles. The van der Waals surface area contributed by atoms with Crippen molar-refractivity contribution in [2.45, 2.75) is 32.0 Å². The van der Waals surface area contributed by atoms with Gasteiger partial charge in [0.2, 0.25) is 0 Å². The molecule has 0 bridgehead atoms. The van der Waals surface area contributed by atoms with Gasteiger partial charge in [0.1, 0.15) is 5.69 Å². The number of hydrogen-bond donors (Lipinski definition) is 1. The maximum absolute atomic E-state index is 12.9. The van der Waals surface area contributed by atoms with E-state index in [0.717, 1.165) is 5.19 Å². The number of benzene rings is 1. The Morgan fingerprint density at radius 3 is 1.81 bits per heavy atom. The molecule has 1 aromatic heterocycles. The fourth-order valence-corrected chi connectivity index (χ4v) is 3.23. The van der Waals surface area contributed by atoms with Crippen molar-refractivity contribution in [2.75, 3.05) is 5.32 Å². The van der Waals surface area contributed by atoms with Crippen LogP contribution in [0.3, 0.4) is 0 Å². The summed E-state index contributed by atoms with van der Waals surface area (Å²) in [5, 5.41) is 3.01. The molecule has 0 fully saturated rings. The van der Waals surface area contributed by atoms with Crippen molar-refractivity contribution in [3.63, 3.8) is 0 Å². The van der Waals surface area contributed by atoms with Gasteiger partial charge in [0, 0.05) is 11.9 Å². The Morgan fingerprint density at radius 2 is 1.44 bits per heavy atom. The van der Waals surface area contributed by atoms with Gasteiger partial charge in [-0.3, -0.25) is 9.78 Å². The maximum Gasteiger partial charge on any atom is 0.416 e. The van der Waals surface area contributed by atoms with Crippen LogP contribution in [0.25, 0.3) is 0 Å². The summed E-state index contributed by atoms with van der Waals surface area (Å²) in [7, 11) is -1.67. The summed E-state index contributed by atoms with van der Waals surface area (Å²) in [6.45, 7) is 6.18. The minimum absolute atomic E-state index is 0.00331. The molecule has 1 aromatic carbocycles. The number of anilines is 1. The Kier molecular flexibility index (Phi) is 5.42. The van der Waals surface area contributed by atoms with E-state index in [1.807, 2.05) is 0 Å². The summed E-state index contributed by atoms with van der Waals surface area (Å²) in [4.78, 5) is 16.1. The number of nitrogens with one attached hydrogen (secondary N) is 1. The van der Waals surface area contributed by atoms with Crippen LogP contribution < -0.4 is 10.5 Å². The highest BCUT2D eigenvalue weighted by Gasteiger charge is 2.37. The van der Waals surface area contributed by atoms with Crippen molar-refractivity contribution < 1.29 is 31.1 Å². The number of rotatable bonds is 3. The minimum atomic E-state index is -4.99. The predicted octanol–water partition coefficient (Wildman–Crippen LogP) is 4.92. The van der Waals surface area contributed by atoms with E-state index in [1.54, 1.807) is 6.07 Å². The summed E-state index contributed by atoms with van der Waals surface area (Å²) in [5.74, 6) is -0.899. The number of pyridine rings is 1. The molecule has 1 amide bonds. The van der Waals surface area contributed by atoms with Crippen LogP contribution in [-0.4, -0.2) is 19.0 Å². The molecule has 1 heterocycles. The second-order valence-corrected chi connectivity index (χ2v) is 12.0. The van der Waals surface area contributed by atoms with E-state index in [2.05, 4.69) is 29.9 Å². The van der Waals surface area contributed by atoms with Crippen molar-refractivity contribution in [3.05, 3.63) is 53.3 Å². The number of amides is 1. The second kappa shape index (κ2) is 6.99. The van der Waals surface area contributed by atoms with Crippen LogP contribution in [0.5, 0.6) is 0 Å². The van der Waals surface area contributed by atoms with E-state index in [1.165, 1.54) is 12.3 Å². The summed E-state index contributed by atoms with van der Waals surface area (Å²) in [6.07, 6.45) is -8.48. The first-order valence-electron chi connectivity index (χ1n) is 7.75. The molecule has 0 atom stereocenters. The van der Waals surface area contributed by atoms with Crippen molar-refractivity contribution in [2.24, 2.45) is 0 Å². The molecule has 2 aromatic rings. The smallest absolute Gasteiger partial charge is 0.321 e. The third-order valence-electron chi connectivity index (χ3n) is 3.71. The lowest BCUT2D eigenvalue weighted by atomic mass is 10.1. The SMILES string of the molecule is C[Si](C)(C)c1ccc(C(=O)Nc2cc(C(F)(F)F)cc(C(F)(F)F)c2)nc1. The molecule has 0 spiro atoms. The number of nitrogens with zero attached hydrogens (tertiary/aromatic N) is 1. The molecule has 0 unspecified atom stereocenters. The van der Waals surface area contributed by atoms with Crippen LogP contribution in [0, 0.1) is 0 Å². The van der Waals surface area contributed by atoms with Crippen LogP contribution in [0.15, 0.2) is 36.5 Å². The van der Waals surface area contributed by atoms with Crippen molar-refractivity contribution in [3.8, 4) is 0 Å². The average Bonchev–Trinajstić information content (AvgIpc) is 2.52. The zero-order valence-corrected chi connectivity index (χ0v) is 15.6. The number of carbonyl (C=O) groups is 1. The Bertz CT molecular complexity index is 806. The van der Waals surface area contributed by atoms with E-state index in [0.29, 0.717) is 12.1 Å². The van der Waals surface area contributed by atoms with Crippen molar-refractivity contribution in [1.82, 2.24) is 4.98 Å². The first-order chi connectivity index (χ1) is 12.2. The van der Waals surface area contributed by atoms with Crippen LogP contribution in [0.2, 0.25) is 19.6 Å². The van der Waals surface area contributed by atoms with Gasteiger partial charge in [-0.05, 0) is 29.5 Å². The molecule has 3 nitrogen and oxygen atoms in total. The van der Waals surface area contributed by atoms with Gasteiger partial charge >= 0.3 is 12.4 Å². The molecule has 1 N–H and O–H groups in total. The van der Waals surface area contributed by atoms with Gasteiger partial charge in [-0.25, -0.2) is 0 Å². The zero-order chi connectivity index (χ0) is 20.6. The third-order valence-corrected chi connectivity index (χ3v) is 5.74. The second-order valence-electron chi connectivity index (χ2n) is 6.93. The zero-order valence-electron chi connectivity index (χ0n) is 14.6. The highest BCUT2D eigenvalue weighted by molar-refractivity contribution is 6.88. The van der Waals surface area contributed by atoms with Gasteiger partial charge in [-0.15, -0.1) is 0 Å². The number of alkyl halides is 6. The first kappa shape index (κ1) is 20.9. The quantitative estimate of drug-likeness (QED) is 0.581. The fraction of sp³-hybridized carbons (Fsp3) is 0.294. The lowest BCUT2D eigenvalue weighted by Gasteiger charge is -2.16. The standard InChI is InChI=1S/C17H16F6N2OSi/c1-27(2,3)13-4-5-14(24-9-13)15(26)25-12-7-10(16(18,19)20)6-11(8-12)17(21,22)23/h4-9H,1-3H3,(H,25,26). The van der Waals surface area contributed by atoms with Crippen LogP contribution in [0.4, 0.5) is 32.0 Å². The Morgan fingerprint density at radius 1 is 0.926 bits per heavy atom. The average molecular weight is 406 g/mol. The molecule has 27 heavy (non-hydrogen) atoms. The highest BCUT2D eigenvalue weighted by Crippen LogP contribution is 2.37. The Balaban J connectivity index is 2.34. The van der Waals surface area contributed by atoms with Gasteiger partial charge in [-0.2, -0.15) is 26.3 Å². The summed E-state index contributed by atoms with van der Waals surface area (Å²) >= 11 is 0. The fourth-order valence-electron chi connectivity index (χ4n) is 2.19. The monoisotopic (exact) mass is 406 g/mol. The van der Waals surface area contributed by atoms with Crippen molar-refractivity contribution in [1.29, 1.82) is 0 Å². The van der Waals surface area contributed by atoms with Gasteiger partial charge in [0.25, 0.3) is 5.91 Å². The topological polar surface area (TPSA) is 42.0 Å². The normalized spacial score (nSPS) is 12.8. The molecule has 0 aliphatic heterocycles. The van der Waals surface area contributed by atoms with Crippen LogP contribution in [0.1, 0.15) is 21.6 Å². The number of halogens is 6. The first-order valence-corrected chi connectivity index (χ1v) is 11.3. The molecule has 2 rings (SSSR count). The summed E-state index contributed by atoms with van der Waals surface area (Å²) in [5.41, 5.74) is -3.73. The maximum atomic E-state index is 12.9. The predicted molar refractivity (Wildman–Crippen MR) is 91.6 cm³/mol. The van der Waals surface area contributed by atoms with Gasteiger partial charge in [-0.1, -0.05) is 25.7 Å². The van der Waals surface area contributed by atoms with Gasteiger partial charge in [0.15, 0.2) is 0 Å². The number of aromatic nitrogens is 1. The van der Waals surface area contributed by atoms with Crippen molar-refractivity contribution >= 4 is 24.9 Å². The largest absolute Gasteiger partial charge is 0.416 e. The molecule has 0 aliphatic rings. The lowest BCUT2D eigenvalue weighted by Crippen LogP contribution is -2.38. The van der Waals surface area contributed by atoms with E-state index < -0.39 is 43.1 Å². The van der Waals surface area contributed by atoms with E-state index in [4.69, 9.17) is 0 Å². The molecular formula is C17H16F6N2OSi. The molecule has 0 aliphatic carbocycles. The molecular weight excluding hydrogens is 390 g/mol. The Hall–Kier alpha value is -2.36. The van der Waals surface area contributed by atoms with Crippen LogP contribution >= 0.6 is 0 Å². The molecule has 0 radical (unpaired) electrons. The summed E-state index contributed by atoms with van der Waals surface area (Å²) < 4.78 is 77.2. The molecule has 10 heteroatoms. The summed E-state index contributed by atoms with van der Waals surface area (Å²) in [6, 6.07) is 3.96. The minimum Gasteiger partial charge on any atom is -0.321 e. The molecule has 146 valence electrons. The van der Waals surface area contributed by atoms with Gasteiger partial charge < -0.3 is 5.32 Å². The van der Waals surface area contributed by atoms with E-state index in [-0.39, 0.29) is 11.8 Å². The van der Waals surface area contributed by atoms with Crippen LogP contribution in [-0.2, 0) is 12.4 Å². The van der Waals surface area contributed by atoms with Gasteiger partial charge in [0.05, 0.1) is 19.2 Å². The lowest BCUT2D eigenvalue weighted by molar-refractivity contribution is -0.143. The highest BCUT2D eigenvalue weighted by atomic mass is 28.3. The Labute approximate surface area is 152 Å².